The molecule has 3 heterocycles. The van der Waals surface area contributed by atoms with Crippen molar-refractivity contribution in [2.75, 3.05) is 34.9 Å². The molecule has 0 radical (unpaired) electrons. The van der Waals surface area contributed by atoms with E-state index >= 15 is 0 Å². The van der Waals surface area contributed by atoms with Crippen LogP contribution in [-0.4, -0.2) is 87.6 Å². The second kappa shape index (κ2) is 42.9. The maximum Gasteiger partial charge on any atom is 0.223 e. The number of aliphatic hydroxyl groups excluding tert-OH is 1. The number of nitrogens with two attached hydrogens (primary N) is 1. The number of carbonyl (C=O) groups excluding carboxylic acids is 2. The van der Waals surface area contributed by atoms with Crippen molar-refractivity contribution >= 4 is 33.6 Å². The highest BCUT2D eigenvalue weighted by Crippen LogP contribution is 2.42. The van der Waals surface area contributed by atoms with Gasteiger partial charge in [-0.15, -0.1) is 51.4 Å². The first-order valence-corrected chi connectivity index (χ1v) is 23.1. The minimum Gasteiger partial charge on any atom is -0.488 e. The van der Waals surface area contributed by atoms with E-state index in [1.165, 1.54) is 6.20 Å². The van der Waals surface area contributed by atoms with Gasteiger partial charge in [0.05, 0.1) is 36.0 Å². The number of H-pyrrole nitrogens is 2. The van der Waals surface area contributed by atoms with Crippen LogP contribution in [0.4, 0.5) is 0 Å². The van der Waals surface area contributed by atoms with Crippen LogP contribution in [0.25, 0.3) is 44.2 Å². The summed E-state index contributed by atoms with van der Waals surface area (Å²) in [5.74, 6) is 2.76. The van der Waals surface area contributed by atoms with Gasteiger partial charge in [0.2, 0.25) is 11.8 Å². The first-order chi connectivity index (χ1) is 33.9. The first kappa shape index (κ1) is 69.2. The SMILES string of the molecule is C#C.C#C.C#C.C#C.C=C(C)NC.C=CN.CC.CCCC(=O)N(CCC)Cc1nc2c(ccc3cc4c(cc32)OCc2cc(-c3cnc(CN(C(=O)CCC)[C@@H](C)CC)[nH]3)ccc2-4)[nH]1.CO.COC. The molecule has 13 nitrogen and oxygen atoms in total. The number of ether oxygens (including phenoxy) is 2. The normalized spacial score (nSPS) is 9.84. The summed E-state index contributed by atoms with van der Waals surface area (Å²) >= 11 is 0. The molecule has 0 aliphatic carbocycles. The van der Waals surface area contributed by atoms with Gasteiger partial charge in [-0.25, -0.2) is 9.97 Å². The van der Waals surface area contributed by atoms with Crippen molar-refractivity contribution in [1.29, 1.82) is 0 Å². The van der Waals surface area contributed by atoms with Crippen molar-refractivity contribution in [1.82, 2.24) is 35.1 Å². The molecule has 0 spiro atoms. The van der Waals surface area contributed by atoms with Crippen LogP contribution in [0.15, 0.2) is 73.7 Å². The fourth-order valence-electron chi connectivity index (χ4n) is 6.51. The molecule has 0 bridgehead atoms. The molecule has 0 unspecified atom stereocenters. The lowest BCUT2D eigenvalue weighted by molar-refractivity contribution is -0.134. The molecule has 382 valence electrons. The zero-order valence-electron chi connectivity index (χ0n) is 44.3. The zero-order valence-corrected chi connectivity index (χ0v) is 44.3. The van der Waals surface area contributed by atoms with E-state index in [1.807, 2.05) is 57.7 Å². The van der Waals surface area contributed by atoms with Crippen molar-refractivity contribution in [3.63, 3.8) is 0 Å². The summed E-state index contributed by atoms with van der Waals surface area (Å²) in [7, 11) is 6.10. The molecule has 0 fully saturated rings. The molecular formula is C57H84N8O5. The van der Waals surface area contributed by atoms with Gasteiger partial charge in [-0.3, -0.25) is 9.59 Å². The predicted octanol–water partition coefficient (Wildman–Crippen LogP) is 10.9. The molecule has 0 saturated carbocycles. The Morgan fingerprint density at radius 2 is 1.44 bits per heavy atom. The van der Waals surface area contributed by atoms with E-state index in [0.29, 0.717) is 32.5 Å². The third kappa shape index (κ3) is 22.6. The lowest BCUT2D eigenvalue weighted by Gasteiger charge is -2.27. The van der Waals surface area contributed by atoms with Crippen molar-refractivity contribution in [3.05, 3.63) is 90.9 Å². The molecule has 1 aliphatic rings. The number of hydrogen-bond acceptors (Lipinski definition) is 9. The molecule has 13 heteroatoms. The number of benzene rings is 3. The highest BCUT2D eigenvalue weighted by molar-refractivity contribution is 6.07. The third-order valence-corrected chi connectivity index (χ3v) is 9.64. The maximum absolute atomic E-state index is 12.8. The molecular weight excluding hydrogens is 877 g/mol. The van der Waals surface area contributed by atoms with Crippen LogP contribution in [0.5, 0.6) is 5.75 Å². The molecule has 6 N–H and O–H groups in total. The van der Waals surface area contributed by atoms with Gasteiger partial charge in [0.15, 0.2) is 0 Å². The van der Waals surface area contributed by atoms with Crippen LogP contribution in [0.3, 0.4) is 0 Å². The Hall–Kier alpha value is -7.42. The minimum absolute atomic E-state index is 0.156. The Balaban J connectivity index is -0.000000815. The number of fused-ring (bicyclic) bond motifs is 6. The Bertz CT molecular complexity index is 2280. The monoisotopic (exact) mass is 961 g/mol. The van der Waals surface area contributed by atoms with E-state index in [9.17, 15) is 9.59 Å². The number of aliphatic hydroxyl groups is 1. The molecule has 2 aromatic heterocycles. The fraction of sp³-hybridized carbons (Fsp3) is 0.404. The summed E-state index contributed by atoms with van der Waals surface area (Å²) in [6, 6.07) is 15.1. The molecule has 1 aliphatic heterocycles. The number of rotatable bonds is 14. The molecule has 1 atom stereocenters. The molecule has 2 amide bonds. The fourth-order valence-corrected chi connectivity index (χ4v) is 6.51. The van der Waals surface area contributed by atoms with Crippen LogP contribution in [0.2, 0.25) is 0 Å². The average molecular weight is 961 g/mol. The average Bonchev–Trinajstić information content (AvgIpc) is 4.06. The number of amides is 2. The lowest BCUT2D eigenvalue weighted by atomic mass is 9.92. The smallest absolute Gasteiger partial charge is 0.223 e. The van der Waals surface area contributed by atoms with Gasteiger partial charge in [0.1, 0.15) is 24.0 Å². The predicted molar refractivity (Wildman–Crippen MR) is 297 cm³/mol. The van der Waals surface area contributed by atoms with E-state index < -0.39 is 0 Å². The van der Waals surface area contributed by atoms with Gasteiger partial charge < -0.3 is 45.4 Å². The van der Waals surface area contributed by atoms with Crippen LogP contribution in [0.1, 0.15) is 111 Å². The van der Waals surface area contributed by atoms with Crippen molar-refractivity contribution < 1.29 is 24.2 Å². The Morgan fingerprint density at radius 3 is 1.96 bits per heavy atom. The number of methoxy groups -OCH3 is 1. The van der Waals surface area contributed by atoms with Gasteiger partial charge >= 0.3 is 0 Å². The van der Waals surface area contributed by atoms with Crippen LogP contribution in [-0.2, 0) is 34.0 Å². The van der Waals surface area contributed by atoms with Crippen LogP contribution in [0, 0.1) is 51.4 Å². The van der Waals surface area contributed by atoms with Crippen molar-refractivity contribution in [2.45, 2.75) is 120 Å². The van der Waals surface area contributed by atoms with E-state index in [0.717, 1.165) is 112 Å². The lowest BCUT2D eigenvalue weighted by Crippen LogP contribution is -2.37. The summed E-state index contributed by atoms with van der Waals surface area (Å²) < 4.78 is 10.6. The summed E-state index contributed by atoms with van der Waals surface area (Å²) in [5.41, 5.74) is 12.7. The highest BCUT2D eigenvalue weighted by Gasteiger charge is 2.23. The minimum atomic E-state index is 0.156. The number of imidazole rings is 2. The second-order valence-corrected chi connectivity index (χ2v) is 14.4. The number of terminal acetylenes is 4. The van der Waals surface area contributed by atoms with Crippen LogP contribution >= 0.6 is 0 Å². The number of carbonyl (C=O) groups is 2. The molecule has 70 heavy (non-hydrogen) atoms. The molecule has 6 rings (SSSR count). The molecule has 3 aromatic carbocycles. The van der Waals surface area contributed by atoms with E-state index in [1.54, 1.807) is 14.2 Å². The van der Waals surface area contributed by atoms with Crippen LogP contribution < -0.4 is 15.8 Å². The quantitative estimate of drug-likeness (QED) is 0.0679. The molecule has 0 saturated heterocycles. The van der Waals surface area contributed by atoms with Gasteiger partial charge in [0, 0.05) is 64.8 Å². The molecule has 5 aromatic rings. The number of nitrogens with one attached hydrogen (secondary N) is 3. The number of aromatic amines is 2. The summed E-state index contributed by atoms with van der Waals surface area (Å²) in [6.07, 6.45) is 39.7. The van der Waals surface area contributed by atoms with E-state index in [-0.39, 0.29) is 17.9 Å². The Labute approximate surface area is 422 Å². The standard InChI is InChI=1S/C38H46N6O3.C4H9N.C2H5N.C2H6O.C2H6.4C2H2.CH4O/c1-6-10-36(45)43(16-8-3)21-35-40-31-15-13-25-18-30-28-14-12-26(17-27(28)23-47-33(30)19-29(25)38(31)42-35)32-20-39-34(41-32)22-44(24(5)9-4)37(46)11-7-2;1-4(2)5-3;1-2-3;1-3-2;6*1-2/h12-15,17-20,24H,6-11,16,21-23H2,1-5H3,(H,39,41)(H,40,42);5H,1H2,2-3H3;2H,1,3H2;1-2H3;1-2H3;4*1-2H;2H,1H3/t24-;;;;;;;;;/m0........./s1. The maximum atomic E-state index is 12.8. The van der Waals surface area contributed by atoms with Gasteiger partial charge in [-0.2, -0.15) is 0 Å². The third-order valence-electron chi connectivity index (χ3n) is 9.64. The number of allylic oxidation sites excluding steroid dienone is 1. The topological polar surface area (TPSA) is 175 Å². The van der Waals surface area contributed by atoms with Gasteiger partial charge in [-0.1, -0.05) is 72.9 Å². The Morgan fingerprint density at radius 1 is 0.886 bits per heavy atom. The number of nitrogens with zero attached hydrogens (tertiary/aromatic N) is 4. The number of aromatic nitrogens is 4. The summed E-state index contributed by atoms with van der Waals surface area (Å²) in [4.78, 5) is 45.8. The Kier molecular flexibility index (Phi) is 42.4. The first-order valence-electron chi connectivity index (χ1n) is 23.1. The highest BCUT2D eigenvalue weighted by atomic mass is 16.5. The second-order valence-electron chi connectivity index (χ2n) is 14.4. The summed E-state index contributed by atoms with van der Waals surface area (Å²) in [5, 5.41) is 11.9. The number of hydrogen-bond donors (Lipinski definition) is 5. The zero-order chi connectivity index (χ0) is 54.8. The van der Waals surface area contributed by atoms with Crippen molar-refractivity contribution in [2.24, 2.45) is 5.73 Å². The van der Waals surface area contributed by atoms with E-state index in [2.05, 4.69) is 159 Å². The summed E-state index contributed by atoms with van der Waals surface area (Å²) in [6.45, 7) is 25.1. The van der Waals surface area contributed by atoms with Gasteiger partial charge in [-0.05, 0) is 97.8 Å². The van der Waals surface area contributed by atoms with E-state index in [4.69, 9.17) is 14.8 Å². The van der Waals surface area contributed by atoms with Crippen molar-refractivity contribution in [3.8, 4) is 79.5 Å². The largest absolute Gasteiger partial charge is 0.488 e. The van der Waals surface area contributed by atoms with Gasteiger partial charge in [0.25, 0.3) is 0 Å².